The maximum atomic E-state index is 12.4. The van der Waals surface area contributed by atoms with Crippen LogP contribution in [0.4, 0.5) is 8.78 Å². The molecule has 0 saturated heterocycles. The van der Waals surface area contributed by atoms with Crippen LogP contribution >= 0.6 is 0 Å². The molecule has 64 valence electrons. The third-order valence-corrected chi connectivity index (χ3v) is 3.23. The summed E-state index contributed by atoms with van der Waals surface area (Å²) >= 11 is 0. The highest BCUT2D eigenvalue weighted by atomic mass is 19.3. The van der Waals surface area contributed by atoms with Crippen molar-refractivity contribution >= 4 is 0 Å². The van der Waals surface area contributed by atoms with Crippen LogP contribution in [0.1, 0.15) is 32.6 Å². The van der Waals surface area contributed by atoms with E-state index in [1.54, 1.807) is 0 Å². The number of halogens is 2. The van der Waals surface area contributed by atoms with E-state index in [1.807, 2.05) is 0 Å². The van der Waals surface area contributed by atoms with Crippen molar-refractivity contribution in [1.29, 1.82) is 0 Å². The summed E-state index contributed by atoms with van der Waals surface area (Å²) in [5.74, 6) is -0.475. The van der Waals surface area contributed by atoms with Gasteiger partial charge in [0.25, 0.3) is 0 Å². The van der Waals surface area contributed by atoms with E-state index in [4.69, 9.17) is 0 Å². The van der Waals surface area contributed by atoms with Crippen LogP contribution in [0.15, 0.2) is 0 Å². The standard InChI is InChI=1S/C9H14F2/c1-2-6-3-8(6)7-4-9(10,11)5-7/h6-8H,2-5H2,1H3/t6-,8-/m0/s1. The van der Waals surface area contributed by atoms with Crippen molar-refractivity contribution in [2.75, 3.05) is 0 Å². The maximum Gasteiger partial charge on any atom is 0.248 e. The summed E-state index contributed by atoms with van der Waals surface area (Å²) < 4.78 is 24.8. The highest BCUT2D eigenvalue weighted by Gasteiger charge is 2.54. The Bertz CT molecular complexity index is 157. The molecule has 11 heavy (non-hydrogen) atoms. The van der Waals surface area contributed by atoms with Crippen molar-refractivity contribution in [3.63, 3.8) is 0 Å². The fourth-order valence-corrected chi connectivity index (χ4v) is 2.33. The lowest BCUT2D eigenvalue weighted by atomic mass is 9.77. The molecule has 2 aliphatic carbocycles. The van der Waals surface area contributed by atoms with Gasteiger partial charge in [0.2, 0.25) is 5.92 Å². The molecular weight excluding hydrogens is 146 g/mol. The summed E-state index contributed by atoms with van der Waals surface area (Å²) in [7, 11) is 0. The van der Waals surface area contributed by atoms with E-state index in [2.05, 4.69) is 6.92 Å². The molecule has 0 unspecified atom stereocenters. The largest absolute Gasteiger partial charge is 0.248 e. The van der Waals surface area contributed by atoms with Crippen LogP contribution in [0.25, 0.3) is 0 Å². The van der Waals surface area contributed by atoms with Gasteiger partial charge in [-0.2, -0.15) is 0 Å². The number of hydrogen-bond donors (Lipinski definition) is 0. The molecule has 0 aromatic rings. The van der Waals surface area contributed by atoms with Crippen LogP contribution < -0.4 is 0 Å². The average Bonchev–Trinajstić information content (AvgIpc) is 2.60. The normalized spacial score (nSPS) is 41.7. The second kappa shape index (κ2) is 2.18. The van der Waals surface area contributed by atoms with E-state index >= 15 is 0 Å². The third-order valence-electron chi connectivity index (χ3n) is 3.23. The van der Waals surface area contributed by atoms with Gasteiger partial charge in [-0.25, -0.2) is 8.78 Å². The topological polar surface area (TPSA) is 0 Å². The molecule has 0 aromatic carbocycles. The van der Waals surface area contributed by atoms with E-state index in [9.17, 15) is 8.78 Å². The van der Waals surface area contributed by atoms with Crippen molar-refractivity contribution in [1.82, 2.24) is 0 Å². The minimum absolute atomic E-state index is 0.175. The predicted octanol–water partition coefficient (Wildman–Crippen LogP) is 3.08. The molecule has 2 rings (SSSR count). The Labute approximate surface area is 66.0 Å². The zero-order valence-electron chi connectivity index (χ0n) is 6.82. The van der Waals surface area contributed by atoms with E-state index < -0.39 is 5.92 Å². The van der Waals surface area contributed by atoms with Gasteiger partial charge in [-0.3, -0.25) is 0 Å². The second-order valence-electron chi connectivity index (χ2n) is 4.09. The lowest BCUT2D eigenvalue weighted by Gasteiger charge is -2.35. The van der Waals surface area contributed by atoms with Gasteiger partial charge in [0.15, 0.2) is 0 Å². The second-order valence-corrected chi connectivity index (χ2v) is 4.09. The quantitative estimate of drug-likeness (QED) is 0.582. The molecule has 0 aromatic heterocycles. The van der Waals surface area contributed by atoms with Gasteiger partial charge in [0.1, 0.15) is 0 Å². The molecule has 2 fully saturated rings. The molecule has 2 saturated carbocycles. The molecule has 0 spiro atoms. The monoisotopic (exact) mass is 160 g/mol. The number of alkyl halides is 2. The first kappa shape index (κ1) is 7.51. The molecule has 0 heterocycles. The van der Waals surface area contributed by atoms with Crippen LogP contribution in [-0.2, 0) is 0 Å². The Morgan fingerprint density at radius 2 is 2.00 bits per heavy atom. The lowest BCUT2D eigenvalue weighted by Crippen LogP contribution is -2.36. The zero-order valence-corrected chi connectivity index (χ0v) is 6.82. The fourth-order valence-electron chi connectivity index (χ4n) is 2.33. The van der Waals surface area contributed by atoms with Gasteiger partial charge >= 0.3 is 0 Å². The van der Waals surface area contributed by atoms with Crippen molar-refractivity contribution in [2.24, 2.45) is 17.8 Å². The minimum atomic E-state index is -2.30. The molecule has 0 N–H and O–H groups in total. The Balaban J connectivity index is 1.76. The van der Waals surface area contributed by atoms with Gasteiger partial charge in [-0.1, -0.05) is 13.3 Å². The van der Waals surface area contributed by atoms with Gasteiger partial charge in [0, 0.05) is 12.8 Å². The first-order valence-electron chi connectivity index (χ1n) is 4.50. The smallest absolute Gasteiger partial charge is 0.207 e. The molecule has 0 amide bonds. The fraction of sp³-hybridized carbons (Fsp3) is 1.00. The molecule has 0 bridgehead atoms. The van der Waals surface area contributed by atoms with Gasteiger partial charge < -0.3 is 0 Å². The highest BCUT2D eigenvalue weighted by Crippen LogP contribution is 2.57. The first-order valence-corrected chi connectivity index (χ1v) is 4.50. The molecule has 0 nitrogen and oxygen atoms in total. The van der Waals surface area contributed by atoms with Crippen molar-refractivity contribution < 1.29 is 8.78 Å². The SMILES string of the molecule is CC[C@H]1C[C@@H]1C1CC(F)(F)C1. The Morgan fingerprint density at radius 3 is 2.36 bits per heavy atom. The molecule has 2 atom stereocenters. The Hall–Kier alpha value is -0.140. The summed E-state index contributed by atoms with van der Waals surface area (Å²) in [6.07, 6.45) is 2.76. The van der Waals surface area contributed by atoms with Gasteiger partial charge in [0.05, 0.1) is 0 Å². The van der Waals surface area contributed by atoms with Crippen LogP contribution in [0, 0.1) is 17.8 Å². The van der Waals surface area contributed by atoms with Crippen molar-refractivity contribution in [3.8, 4) is 0 Å². The maximum absolute atomic E-state index is 12.4. The van der Waals surface area contributed by atoms with Crippen LogP contribution in [-0.4, -0.2) is 5.92 Å². The number of rotatable bonds is 2. The van der Waals surface area contributed by atoms with Crippen LogP contribution in [0.5, 0.6) is 0 Å². The van der Waals surface area contributed by atoms with Crippen molar-refractivity contribution in [3.05, 3.63) is 0 Å². The van der Waals surface area contributed by atoms with E-state index in [1.165, 1.54) is 12.8 Å². The van der Waals surface area contributed by atoms with Crippen LogP contribution in [0.3, 0.4) is 0 Å². The summed E-state index contributed by atoms with van der Waals surface area (Å²) in [6, 6.07) is 0. The molecular formula is C9H14F2. The van der Waals surface area contributed by atoms with E-state index in [-0.39, 0.29) is 12.8 Å². The van der Waals surface area contributed by atoms with E-state index in [0.717, 1.165) is 5.92 Å². The zero-order chi connectivity index (χ0) is 8.06. The van der Waals surface area contributed by atoms with Gasteiger partial charge in [-0.15, -0.1) is 0 Å². The molecule has 2 aliphatic rings. The molecule has 0 radical (unpaired) electrons. The van der Waals surface area contributed by atoms with Crippen molar-refractivity contribution in [2.45, 2.75) is 38.5 Å². The summed E-state index contributed by atoms with van der Waals surface area (Å²) in [6.45, 7) is 2.15. The predicted molar refractivity (Wildman–Crippen MR) is 39.6 cm³/mol. The lowest BCUT2D eigenvalue weighted by molar-refractivity contribution is -0.117. The third kappa shape index (κ3) is 1.27. The average molecular weight is 160 g/mol. The Kier molecular flexibility index (Phi) is 1.48. The minimum Gasteiger partial charge on any atom is -0.207 e. The van der Waals surface area contributed by atoms with Crippen LogP contribution in [0.2, 0.25) is 0 Å². The first-order chi connectivity index (χ1) is 5.12. The summed E-state index contributed by atoms with van der Waals surface area (Å²) in [4.78, 5) is 0. The Morgan fingerprint density at radius 1 is 1.36 bits per heavy atom. The molecule has 2 heteroatoms. The van der Waals surface area contributed by atoms with E-state index in [0.29, 0.717) is 11.8 Å². The summed E-state index contributed by atoms with van der Waals surface area (Å²) in [5.41, 5.74) is 0. The highest BCUT2D eigenvalue weighted by molar-refractivity contribution is 4.99. The van der Waals surface area contributed by atoms with Gasteiger partial charge in [-0.05, 0) is 24.2 Å². The summed E-state index contributed by atoms with van der Waals surface area (Å²) in [5, 5.41) is 0. The number of hydrogen-bond acceptors (Lipinski definition) is 0. The molecule has 0 aliphatic heterocycles.